The Bertz CT molecular complexity index is 1120. The number of carbonyl (C=O) groups excluding carboxylic acids is 1. The van der Waals surface area contributed by atoms with Gasteiger partial charge >= 0.3 is 0 Å². The zero-order valence-corrected chi connectivity index (χ0v) is 21.9. The van der Waals surface area contributed by atoms with Crippen molar-refractivity contribution in [1.82, 2.24) is 9.88 Å². The topological polar surface area (TPSA) is 83.7 Å². The molecule has 174 valence electrons. The van der Waals surface area contributed by atoms with Crippen LogP contribution in [-0.2, 0) is 0 Å². The average molecular weight is 577 g/mol. The molecule has 0 aliphatic carbocycles. The van der Waals surface area contributed by atoms with Gasteiger partial charge < -0.3 is 25.6 Å². The molecule has 3 N–H and O–H groups in total. The number of aromatic nitrogens is 1. The smallest absolute Gasteiger partial charge is 0.206 e. The first kappa shape index (κ1) is 23.8. The lowest BCUT2D eigenvalue weighted by Gasteiger charge is -2.36. The number of nitrogens with one attached hydrogen (secondary N) is 1. The van der Waals surface area contributed by atoms with Crippen LogP contribution in [0.5, 0.6) is 5.75 Å². The fourth-order valence-corrected chi connectivity index (χ4v) is 5.61. The van der Waals surface area contributed by atoms with Crippen molar-refractivity contribution in [2.75, 3.05) is 50.2 Å². The predicted molar refractivity (Wildman–Crippen MR) is 144 cm³/mol. The first-order valence-electron chi connectivity index (χ1n) is 10.8. The van der Waals surface area contributed by atoms with Gasteiger partial charge in [-0.1, -0.05) is 11.3 Å². The monoisotopic (exact) mass is 577 g/mol. The Morgan fingerprint density at radius 2 is 1.91 bits per heavy atom. The summed E-state index contributed by atoms with van der Waals surface area (Å²) >= 11 is 3.41. The highest BCUT2D eigenvalue weighted by atomic mass is 127. The minimum atomic E-state index is -0.143. The van der Waals surface area contributed by atoms with E-state index in [4.69, 9.17) is 10.5 Å². The molecule has 2 heterocycles. The molecule has 0 unspecified atom stereocenters. The second-order valence-electron chi connectivity index (χ2n) is 8.27. The molecule has 0 spiro atoms. The lowest BCUT2D eigenvalue weighted by molar-refractivity contribution is 0.104. The van der Waals surface area contributed by atoms with Gasteiger partial charge in [-0.3, -0.25) is 4.79 Å². The number of halogens is 1. The van der Waals surface area contributed by atoms with E-state index in [2.05, 4.69) is 68.9 Å². The standard InChI is InChI=1S/C24H28IN5O2S/c1-29(2)17-10-12-30(13-11-17)18-7-5-16(6-8-18)27-24-28-23(26)22(33-24)21(31)15-4-9-20(32-3)19(25)14-15/h4-9,14,17H,10-13,26H2,1-3H3,(H,27,28). The Hall–Kier alpha value is -2.37. The third-order valence-electron chi connectivity index (χ3n) is 5.95. The lowest BCUT2D eigenvalue weighted by Crippen LogP contribution is -2.41. The minimum absolute atomic E-state index is 0.143. The number of ketones is 1. The molecule has 0 amide bonds. The van der Waals surface area contributed by atoms with Crippen LogP contribution in [-0.4, -0.2) is 56.0 Å². The molecular formula is C24H28IN5O2S. The highest BCUT2D eigenvalue weighted by Gasteiger charge is 2.21. The number of ether oxygens (including phenoxy) is 1. The summed E-state index contributed by atoms with van der Waals surface area (Å²) in [6.45, 7) is 2.13. The number of carbonyl (C=O) groups is 1. The second-order valence-corrected chi connectivity index (χ2v) is 10.4. The molecule has 7 nitrogen and oxygen atoms in total. The Labute approximate surface area is 212 Å². The van der Waals surface area contributed by atoms with Gasteiger partial charge in [-0.05, 0) is 92.0 Å². The number of thiazole rings is 1. The summed E-state index contributed by atoms with van der Waals surface area (Å²) in [4.78, 5) is 22.5. The molecule has 3 aromatic rings. The van der Waals surface area contributed by atoms with E-state index in [-0.39, 0.29) is 11.6 Å². The molecule has 0 bridgehead atoms. The molecule has 1 aromatic heterocycles. The van der Waals surface area contributed by atoms with Gasteiger partial charge in [0.15, 0.2) is 5.13 Å². The van der Waals surface area contributed by atoms with Crippen LogP contribution in [0.15, 0.2) is 42.5 Å². The summed E-state index contributed by atoms with van der Waals surface area (Å²) in [7, 11) is 5.92. The van der Waals surface area contributed by atoms with E-state index in [1.807, 2.05) is 12.1 Å². The highest BCUT2D eigenvalue weighted by Crippen LogP contribution is 2.32. The summed E-state index contributed by atoms with van der Waals surface area (Å²) in [6.07, 6.45) is 2.35. The first-order chi connectivity index (χ1) is 15.9. The summed E-state index contributed by atoms with van der Waals surface area (Å²) < 4.78 is 6.14. The van der Waals surface area contributed by atoms with E-state index in [1.165, 1.54) is 29.9 Å². The number of nitrogens with zero attached hydrogens (tertiary/aromatic N) is 3. The van der Waals surface area contributed by atoms with Crippen LogP contribution in [0, 0.1) is 3.57 Å². The van der Waals surface area contributed by atoms with Crippen molar-refractivity contribution in [3.8, 4) is 5.75 Å². The Balaban J connectivity index is 1.42. The zero-order chi connectivity index (χ0) is 23.5. The summed E-state index contributed by atoms with van der Waals surface area (Å²) in [5, 5.41) is 3.88. The second kappa shape index (κ2) is 10.3. The van der Waals surface area contributed by atoms with Crippen LogP contribution >= 0.6 is 33.9 Å². The number of piperidine rings is 1. The number of hydrogen-bond donors (Lipinski definition) is 2. The van der Waals surface area contributed by atoms with E-state index >= 15 is 0 Å². The third-order valence-corrected chi connectivity index (χ3v) is 7.78. The SMILES string of the molecule is COc1ccc(C(=O)c2sc(Nc3ccc(N4CCC(N(C)C)CC4)cc3)nc2N)cc1I. The number of hydrogen-bond acceptors (Lipinski definition) is 8. The van der Waals surface area contributed by atoms with Gasteiger partial charge in [0.05, 0.1) is 10.7 Å². The van der Waals surface area contributed by atoms with Crippen LogP contribution in [0.1, 0.15) is 28.1 Å². The van der Waals surface area contributed by atoms with Gasteiger partial charge in [0.2, 0.25) is 5.78 Å². The van der Waals surface area contributed by atoms with Crippen LogP contribution in [0.25, 0.3) is 0 Å². The van der Waals surface area contributed by atoms with Crippen LogP contribution in [0.3, 0.4) is 0 Å². The molecule has 0 saturated carbocycles. The van der Waals surface area contributed by atoms with Gasteiger partial charge in [-0.15, -0.1) is 0 Å². The Kier molecular flexibility index (Phi) is 7.40. The minimum Gasteiger partial charge on any atom is -0.496 e. The molecule has 9 heteroatoms. The maximum absolute atomic E-state index is 13.0. The maximum Gasteiger partial charge on any atom is 0.206 e. The zero-order valence-electron chi connectivity index (χ0n) is 19.0. The molecule has 0 atom stereocenters. The quantitative estimate of drug-likeness (QED) is 0.307. The van der Waals surface area contributed by atoms with Crippen molar-refractivity contribution in [1.29, 1.82) is 0 Å². The molecule has 4 rings (SSSR count). The van der Waals surface area contributed by atoms with Gasteiger partial charge in [0.25, 0.3) is 0 Å². The predicted octanol–water partition coefficient (Wildman–Crippen LogP) is 4.84. The maximum atomic E-state index is 13.0. The normalized spacial score (nSPS) is 14.5. The van der Waals surface area contributed by atoms with Crippen molar-refractivity contribution in [2.45, 2.75) is 18.9 Å². The number of methoxy groups -OCH3 is 1. The van der Waals surface area contributed by atoms with Gasteiger partial charge in [-0.25, -0.2) is 4.98 Å². The van der Waals surface area contributed by atoms with Crippen molar-refractivity contribution in [3.63, 3.8) is 0 Å². The molecule has 1 aliphatic heterocycles. The fraction of sp³-hybridized carbons (Fsp3) is 0.333. The largest absolute Gasteiger partial charge is 0.496 e. The van der Waals surface area contributed by atoms with Gasteiger partial charge in [0, 0.05) is 36.1 Å². The van der Waals surface area contributed by atoms with Gasteiger partial charge in [-0.2, -0.15) is 0 Å². The first-order valence-corrected chi connectivity index (χ1v) is 12.7. The molecule has 1 fully saturated rings. The summed E-state index contributed by atoms with van der Waals surface area (Å²) in [5.41, 5.74) is 8.78. The number of nitrogens with two attached hydrogens (primary N) is 1. The van der Waals surface area contributed by atoms with Crippen LogP contribution < -0.4 is 20.7 Å². The van der Waals surface area contributed by atoms with E-state index < -0.39 is 0 Å². The van der Waals surface area contributed by atoms with Crippen LogP contribution in [0.2, 0.25) is 0 Å². The molecule has 0 radical (unpaired) electrons. The molecule has 33 heavy (non-hydrogen) atoms. The number of anilines is 4. The van der Waals surface area contributed by atoms with Crippen LogP contribution in [0.4, 0.5) is 22.3 Å². The van der Waals surface area contributed by atoms with Crippen molar-refractivity contribution >= 4 is 62.0 Å². The van der Waals surface area contributed by atoms with E-state index in [9.17, 15) is 4.79 Å². The average Bonchev–Trinajstić information content (AvgIpc) is 3.18. The Morgan fingerprint density at radius 1 is 1.21 bits per heavy atom. The van der Waals surface area contributed by atoms with Crippen molar-refractivity contribution in [3.05, 3.63) is 56.5 Å². The lowest BCUT2D eigenvalue weighted by atomic mass is 10.0. The third kappa shape index (κ3) is 5.42. The van der Waals surface area contributed by atoms with E-state index in [0.29, 0.717) is 21.6 Å². The molecule has 1 aliphatic rings. The number of rotatable bonds is 7. The van der Waals surface area contributed by atoms with Gasteiger partial charge in [0.1, 0.15) is 16.4 Å². The molecule has 1 saturated heterocycles. The summed E-state index contributed by atoms with van der Waals surface area (Å²) in [5.74, 6) is 0.825. The summed E-state index contributed by atoms with van der Waals surface area (Å²) in [6, 6.07) is 14.3. The fourth-order valence-electron chi connectivity index (χ4n) is 4.01. The van der Waals surface area contributed by atoms with Crippen molar-refractivity contribution < 1.29 is 9.53 Å². The Morgan fingerprint density at radius 3 is 2.52 bits per heavy atom. The molecular weight excluding hydrogens is 549 g/mol. The van der Waals surface area contributed by atoms with E-state index in [0.717, 1.165) is 28.1 Å². The number of benzene rings is 2. The highest BCUT2D eigenvalue weighted by molar-refractivity contribution is 14.1. The number of nitrogen functional groups attached to an aromatic ring is 1. The van der Waals surface area contributed by atoms with E-state index in [1.54, 1.807) is 25.3 Å². The van der Waals surface area contributed by atoms with Crippen molar-refractivity contribution in [2.24, 2.45) is 0 Å². The molecule has 2 aromatic carbocycles.